The maximum Gasteiger partial charge on any atom is -0.0439 e. The molecule has 8 heavy (non-hydrogen) atoms. The van der Waals surface area contributed by atoms with Crippen molar-refractivity contribution in [2.45, 2.75) is 13.8 Å². The molecule has 0 heteroatoms. The van der Waals surface area contributed by atoms with Crippen LogP contribution in [-0.4, -0.2) is 0 Å². The molecule has 0 aliphatic rings. The van der Waals surface area contributed by atoms with Gasteiger partial charge in [0, 0.05) is 0 Å². The van der Waals surface area contributed by atoms with E-state index < -0.39 is 0 Å². The lowest BCUT2D eigenvalue weighted by Gasteiger charge is -1.78. The monoisotopic (exact) mass is 108 g/mol. The van der Waals surface area contributed by atoms with Crippen LogP contribution in [0.25, 0.3) is 0 Å². The molecular formula is C8H12. The van der Waals surface area contributed by atoms with Crippen molar-refractivity contribution in [3.05, 3.63) is 36.5 Å². The summed E-state index contributed by atoms with van der Waals surface area (Å²) in [6.07, 6.45) is 7.69. The van der Waals surface area contributed by atoms with Crippen molar-refractivity contribution < 1.29 is 0 Å². The van der Waals surface area contributed by atoms with Gasteiger partial charge in [0.1, 0.15) is 0 Å². The third kappa shape index (κ3) is 5.22. The normalized spacial score (nSPS) is 9.25. The molecule has 0 atom stereocenters. The molecule has 0 N–H and O–H groups in total. The van der Waals surface area contributed by atoms with E-state index in [1.54, 1.807) is 6.08 Å². The predicted molar refractivity (Wildman–Crippen MR) is 38.8 cm³/mol. The van der Waals surface area contributed by atoms with E-state index in [9.17, 15) is 0 Å². The Morgan fingerprint density at radius 3 is 2.25 bits per heavy atom. The van der Waals surface area contributed by atoms with Gasteiger partial charge in [0.05, 0.1) is 0 Å². The Labute approximate surface area is 51.2 Å². The van der Waals surface area contributed by atoms with E-state index in [1.165, 1.54) is 5.57 Å². The predicted octanol–water partition coefficient (Wildman–Crippen LogP) is 2.69. The molecule has 0 spiro atoms. The van der Waals surface area contributed by atoms with E-state index in [4.69, 9.17) is 0 Å². The Morgan fingerprint density at radius 1 is 1.25 bits per heavy atom. The van der Waals surface area contributed by atoms with E-state index in [2.05, 4.69) is 20.4 Å². The van der Waals surface area contributed by atoms with E-state index in [-0.39, 0.29) is 0 Å². The topological polar surface area (TPSA) is 0 Å². The van der Waals surface area contributed by atoms with Crippen LogP contribution in [0, 0.1) is 0 Å². The molecule has 0 heterocycles. The Kier molecular flexibility index (Phi) is 3.95. The molecule has 0 aromatic carbocycles. The Morgan fingerprint density at radius 2 is 1.88 bits per heavy atom. The summed E-state index contributed by atoms with van der Waals surface area (Å²) >= 11 is 0. The van der Waals surface area contributed by atoms with Crippen LogP contribution < -0.4 is 0 Å². The van der Waals surface area contributed by atoms with E-state index in [1.807, 2.05) is 18.2 Å². The van der Waals surface area contributed by atoms with Gasteiger partial charge in [-0.15, -0.1) is 0 Å². The summed E-state index contributed by atoms with van der Waals surface area (Å²) in [4.78, 5) is 0. The van der Waals surface area contributed by atoms with Crippen LogP contribution in [0.15, 0.2) is 36.5 Å². The highest BCUT2D eigenvalue weighted by Crippen LogP contribution is 1.87. The fourth-order valence-corrected chi connectivity index (χ4v) is 0.327. The fourth-order valence-electron chi connectivity index (χ4n) is 0.327. The van der Waals surface area contributed by atoms with Crippen molar-refractivity contribution in [2.75, 3.05) is 0 Å². The number of hydrogen-bond donors (Lipinski definition) is 0. The average molecular weight is 108 g/mol. The van der Waals surface area contributed by atoms with Gasteiger partial charge in [-0.2, -0.15) is 0 Å². The molecule has 44 valence electrons. The molecular weight excluding hydrogens is 96.1 g/mol. The second-order valence-electron chi connectivity index (χ2n) is 1.86. The highest BCUT2D eigenvalue weighted by atomic mass is 13.7. The maximum absolute atomic E-state index is 3.54. The summed E-state index contributed by atoms with van der Waals surface area (Å²) < 4.78 is 0. The summed E-state index contributed by atoms with van der Waals surface area (Å²) in [6.45, 7) is 7.67. The minimum atomic E-state index is 1.31. The van der Waals surface area contributed by atoms with Gasteiger partial charge in [0.15, 0.2) is 0 Å². The van der Waals surface area contributed by atoms with Crippen LogP contribution in [0.3, 0.4) is 0 Å². The van der Waals surface area contributed by atoms with Gasteiger partial charge in [0.25, 0.3) is 0 Å². The first kappa shape index (κ1) is 7.22. The first-order chi connectivity index (χ1) is 3.77. The second-order valence-corrected chi connectivity index (χ2v) is 1.86. The summed E-state index contributed by atoms with van der Waals surface area (Å²) in [6, 6.07) is 0. The van der Waals surface area contributed by atoms with Crippen LogP contribution >= 0.6 is 0 Å². The van der Waals surface area contributed by atoms with Crippen LogP contribution in [0.2, 0.25) is 0 Å². The molecule has 0 aromatic rings. The van der Waals surface area contributed by atoms with E-state index >= 15 is 0 Å². The van der Waals surface area contributed by atoms with Crippen molar-refractivity contribution >= 4 is 0 Å². The van der Waals surface area contributed by atoms with E-state index in [0.29, 0.717) is 0 Å². The number of rotatable bonds is 2. The zero-order chi connectivity index (χ0) is 6.41. The SMILES string of the molecule is C=CC=CC=C(C)C. The van der Waals surface area contributed by atoms with Gasteiger partial charge < -0.3 is 0 Å². The fraction of sp³-hybridized carbons (Fsp3) is 0.250. The summed E-state index contributed by atoms with van der Waals surface area (Å²) in [5, 5.41) is 0. The summed E-state index contributed by atoms with van der Waals surface area (Å²) in [5.41, 5.74) is 1.31. The third-order valence-corrected chi connectivity index (χ3v) is 0.677. The molecule has 0 amide bonds. The molecule has 0 aromatic heterocycles. The number of allylic oxidation sites excluding steroid dienone is 5. The van der Waals surface area contributed by atoms with Crippen molar-refractivity contribution in [3.63, 3.8) is 0 Å². The first-order valence-electron chi connectivity index (χ1n) is 2.70. The Bertz CT molecular complexity index is 112. The van der Waals surface area contributed by atoms with Gasteiger partial charge >= 0.3 is 0 Å². The highest BCUT2D eigenvalue weighted by Gasteiger charge is 1.66. The highest BCUT2D eigenvalue weighted by molar-refractivity contribution is 5.12. The Hall–Kier alpha value is -0.780. The van der Waals surface area contributed by atoms with Crippen molar-refractivity contribution in [3.8, 4) is 0 Å². The molecule has 0 fully saturated rings. The molecule has 0 aliphatic carbocycles. The van der Waals surface area contributed by atoms with Crippen molar-refractivity contribution in [2.24, 2.45) is 0 Å². The van der Waals surface area contributed by atoms with E-state index in [0.717, 1.165) is 0 Å². The van der Waals surface area contributed by atoms with Gasteiger partial charge in [-0.05, 0) is 13.8 Å². The average Bonchev–Trinajstić information content (AvgIpc) is 1.66. The molecule has 0 bridgehead atoms. The molecule has 0 unspecified atom stereocenters. The zero-order valence-corrected chi connectivity index (χ0v) is 5.52. The number of hydrogen-bond acceptors (Lipinski definition) is 0. The quantitative estimate of drug-likeness (QED) is 0.477. The molecule has 0 radical (unpaired) electrons. The van der Waals surface area contributed by atoms with Crippen LogP contribution in [0.4, 0.5) is 0 Å². The minimum Gasteiger partial charge on any atom is -0.0991 e. The molecule has 0 saturated heterocycles. The molecule has 0 saturated carbocycles. The maximum atomic E-state index is 3.54. The molecule has 0 nitrogen and oxygen atoms in total. The molecule has 0 rings (SSSR count). The lowest BCUT2D eigenvalue weighted by molar-refractivity contribution is 1.39. The summed E-state index contributed by atoms with van der Waals surface area (Å²) in [7, 11) is 0. The van der Waals surface area contributed by atoms with Crippen molar-refractivity contribution in [1.82, 2.24) is 0 Å². The smallest absolute Gasteiger partial charge is 0.0439 e. The molecule has 0 aliphatic heterocycles. The van der Waals surface area contributed by atoms with Gasteiger partial charge in [0.2, 0.25) is 0 Å². The second kappa shape index (κ2) is 4.38. The minimum absolute atomic E-state index is 1.31. The van der Waals surface area contributed by atoms with Crippen LogP contribution in [0.5, 0.6) is 0 Å². The largest absolute Gasteiger partial charge is 0.0991 e. The van der Waals surface area contributed by atoms with Gasteiger partial charge in [-0.1, -0.05) is 36.5 Å². The first-order valence-corrected chi connectivity index (χ1v) is 2.70. The summed E-state index contributed by atoms with van der Waals surface area (Å²) in [5.74, 6) is 0. The van der Waals surface area contributed by atoms with Gasteiger partial charge in [-0.25, -0.2) is 0 Å². The third-order valence-electron chi connectivity index (χ3n) is 0.677. The standard InChI is InChI=1S/C8H12/c1-4-5-6-7-8(2)3/h4-7H,1H2,2-3H3. The van der Waals surface area contributed by atoms with Crippen LogP contribution in [-0.2, 0) is 0 Å². The van der Waals surface area contributed by atoms with Crippen LogP contribution in [0.1, 0.15) is 13.8 Å². The lowest BCUT2D eigenvalue weighted by Crippen LogP contribution is -1.56. The Balaban J connectivity index is 3.57. The lowest BCUT2D eigenvalue weighted by atomic mass is 10.3. The zero-order valence-electron chi connectivity index (χ0n) is 5.52. The van der Waals surface area contributed by atoms with Crippen molar-refractivity contribution in [1.29, 1.82) is 0 Å². The van der Waals surface area contributed by atoms with Gasteiger partial charge in [-0.3, -0.25) is 0 Å².